The van der Waals surface area contributed by atoms with E-state index in [1.165, 1.54) is 12.1 Å². The molecular weight excluding hydrogens is 498 g/mol. The van der Waals surface area contributed by atoms with Gasteiger partial charge in [-0.15, -0.1) is 0 Å². The SMILES string of the molecule is CCc1c(CC)n(CC(=O)N[C@@H](Cc2cc(F)cc(F)c2)c2ncccc2-c2ccc(Cl)cc2)[nH]c1=O. The second kappa shape index (κ2) is 11.5. The molecule has 2 heterocycles. The van der Waals surface area contributed by atoms with Crippen molar-refractivity contribution in [2.45, 2.75) is 45.7 Å². The van der Waals surface area contributed by atoms with E-state index < -0.39 is 17.7 Å². The maximum absolute atomic E-state index is 14.0. The van der Waals surface area contributed by atoms with Crippen LogP contribution >= 0.6 is 11.6 Å². The minimum Gasteiger partial charge on any atom is -0.346 e. The van der Waals surface area contributed by atoms with Crippen LogP contribution in [0, 0.1) is 11.6 Å². The molecule has 2 aromatic heterocycles. The molecule has 2 aromatic carbocycles. The number of nitrogens with one attached hydrogen (secondary N) is 2. The quantitative estimate of drug-likeness (QED) is 0.308. The number of hydrogen-bond acceptors (Lipinski definition) is 3. The van der Waals surface area contributed by atoms with Gasteiger partial charge in [-0.05, 0) is 60.7 Å². The van der Waals surface area contributed by atoms with E-state index in [2.05, 4.69) is 15.4 Å². The highest BCUT2D eigenvalue weighted by molar-refractivity contribution is 6.30. The normalized spacial score (nSPS) is 11.9. The Bertz CT molecular complexity index is 1440. The second-order valence-corrected chi connectivity index (χ2v) is 9.14. The first-order valence-corrected chi connectivity index (χ1v) is 12.4. The van der Waals surface area contributed by atoms with Gasteiger partial charge >= 0.3 is 0 Å². The van der Waals surface area contributed by atoms with E-state index in [1.807, 2.05) is 32.0 Å². The van der Waals surface area contributed by atoms with E-state index in [1.54, 1.807) is 29.1 Å². The predicted molar refractivity (Wildman–Crippen MR) is 139 cm³/mol. The molecule has 0 aliphatic carbocycles. The van der Waals surface area contributed by atoms with Gasteiger partial charge in [0.25, 0.3) is 5.56 Å². The van der Waals surface area contributed by atoms with Crippen LogP contribution in [0.3, 0.4) is 0 Å². The summed E-state index contributed by atoms with van der Waals surface area (Å²) in [4.78, 5) is 30.1. The molecule has 37 heavy (non-hydrogen) atoms. The first kappa shape index (κ1) is 26.3. The largest absolute Gasteiger partial charge is 0.346 e. The maximum atomic E-state index is 14.0. The summed E-state index contributed by atoms with van der Waals surface area (Å²) < 4.78 is 29.5. The van der Waals surface area contributed by atoms with Crippen LogP contribution in [0.5, 0.6) is 0 Å². The molecule has 0 saturated heterocycles. The average Bonchev–Trinajstić information content (AvgIpc) is 3.17. The molecule has 1 atom stereocenters. The van der Waals surface area contributed by atoms with E-state index in [4.69, 9.17) is 11.6 Å². The van der Waals surface area contributed by atoms with Gasteiger partial charge in [0.1, 0.15) is 18.2 Å². The summed E-state index contributed by atoms with van der Waals surface area (Å²) in [6.07, 6.45) is 2.84. The molecule has 0 radical (unpaired) electrons. The Balaban J connectivity index is 1.70. The third kappa shape index (κ3) is 6.14. The van der Waals surface area contributed by atoms with Crippen molar-refractivity contribution in [1.29, 1.82) is 0 Å². The Labute approximate surface area is 218 Å². The molecule has 0 fully saturated rings. The number of pyridine rings is 1. The van der Waals surface area contributed by atoms with Crippen molar-refractivity contribution in [1.82, 2.24) is 20.1 Å². The van der Waals surface area contributed by atoms with Gasteiger partial charge in [-0.1, -0.05) is 43.6 Å². The molecule has 1 amide bonds. The van der Waals surface area contributed by atoms with Crippen molar-refractivity contribution < 1.29 is 13.6 Å². The lowest BCUT2D eigenvalue weighted by Crippen LogP contribution is -2.34. The monoisotopic (exact) mass is 524 g/mol. The zero-order valence-electron chi connectivity index (χ0n) is 20.5. The van der Waals surface area contributed by atoms with Gasteiger partial charge in [-0.3, -0.25) is 24.4 Å². The summed E-state index contributed by atoms with van der Waals surface area (Å²) in [6, 6.07) is 13.4. The number of hydrogen-bond donors (Lipinski definition) is 2. The Morgan fingerprint density at radius 3 is 2.43 bits per heavy atom. The summed E-state index contributed by atoms with van der Waals surface area (Å²) >= 11 is 6.06. The molecule has 0 aliphatic heterocycles. The first-order chi connectivity index (χ1) is 17.8. The number of rotatable bonds is 9. The van der Waals surface area contributed by atoms with Gasteiger partial charge in [-0.2, -0.15) is 0 Å². The van der Waals surface area contributed by atoms with Gasteiger partial charge in [0.2, 0.25) is 5.91 Å². The fourth-order valence-corrected chi connectivity index (χ4v) is 4.71. The molecule has 6 nitrogen and oxygen atoms in total. The van der Waals surface area contributed by atoms with Crippen LogP contribution in [0.25, 0.3) is 11.1 Å². The zero-order chi connectivity index (χ0) is 26.5. The number of halogens is 3. The van der Waals surface area contributed by atoms with E-state index >= 15 is 0 Å². The van der Waals surface area contributed by atoms with Crippen molar-refractivity contribution in [2.75, 3.05) is 0 Å². The Morgan fingerprint density at radius 1 is 1.08 bits per heavy atom. The molecule has 0 aliphatic rings. The van der Waals surface area contributed by atoms with Crippen LogP contribution < -0.4 is 10.9 Å². The third-order valence-corrected chi connectivity index (χ3v) is 6.45. The molecule has 0 saturated carbocycles. The van der Waals surface area contributed by atoms with Crippen molar-refractivity contribution >= 4 is 17.5 Å². The fraction of sp³-hybridized carbons (Fsp3) is 0.250. The lowest BCUT2D eigenvalue weighted by atomic mass is 9.95. The summed E-state index contributed by atoms with van der Waals surface area (Å²) in [5.74, 6) is -1.79. The smallest absolute Gasteiger partial charge is 0.267 e. The summed E-state index contributed by atoms with van der Waals surface area (Å²) in [5, 5.41) is 6.29. The van der Waals surface area contributed by atoms with E-state index in [0.29, 0.717) is 34.7 Å². The number of benzene rings is 2. The molecule has 4 rings (SSSR count). The number of amides is 1. The molecular formula is C28H27ClF2N4O2. The molecule has 2 N–H and O–H groups in total. The van der Waals surface area contributed by atoms with Crippen molar-refractivity contribution in [2.24, 2.45) is 0 Å². The van der Waals surface area contributed by atoms with Gasteiger partial charge in [-0.25, -0.2) is 8.78 Å². The van der Waals surface area contributed by atoms with Crippen molar-refractivity contribution in [3.8, 4) is 11.1 Å². The van der Waals surface area contributed by atoms with Crippen LogP contribution in [0.2, 0.25) is 5.02 Å². The Kier molecular flexibility index (Phi) is 8.18. The lowest BCUT2D eigenvalue weighted by Gasteiger charge is -2.22. The first-order valence-electron chi connectivity index (χ1n) is 12.0. The predicted octanol–water partition coefficient (Wildman–Crippen LogP) is 5.40. The average molecular weight is 525 g/mol. The molecule has 0 spiro atoms. The summed E-state index contributed by atoms with van der Waals surface area (Å²) in [5.41, 5.74) is 3.68. The van der Waals surface area contributed by atoms with Crippen LogP contribution in [0.4, 0.5) is 8.78 Å². The van der Waals surface area contributed by atoms with Crippen LogP contribution in [0.1, 0.15) is 42.4 Å². The lowest BCUT2D eigenvalue weighted by molar-refractivity contribution is -0.122. The number of carbonyl (C=O) groups excluding carboxylic acids is 1. The Hall–Kier alpha value is -3.78. The second-order valence-electron chi connectivity index (χ2n) is 8.70. The standard InChI is InChI=1S/C28H27ClF2N4O2/c1-3-22-25(4-2)35(34-28(22)37)16-26(36)33-24(14-17-12-20(30)15-21(31)13-17)27-23(6-5-11-32-27)18-7-9-19(29)10-8-18/h5-13,15,24H,3-4,14,16H2,1-2H3,(H,33,36)(H,34,37)/t24-/m0/s1. The van der Waals surface area contributed by atoms with Gasteiger partial charge in [0, 0.05) is 34.1 Å². The van der Waals surface area contributed by atoms with Crippen LogP contribution in [0.15, 0.2) is 65.6 Å². The van der Waals surface area contributed by atoms with Crippen LogP contribution in [-0.2, 0) is 30.6 Å². The highest BCUT2D eigenvalue weighted by atomic mass is 35.5. The highest BCUT2D eigenvalue weighted by Crippen LogP contribution is 2.30. The third-order valence-electron chi connectivity index (χ3n) is 6.20. The topological polar surface area (TPSA) is 79.8 Å². The molecule has 0 unspecified atom stereocenters. The minimum atomic E-state index is -0.710. The summed E-state index contributed by atoms with van der Waals surface area (Å²) in [6.45, 7) is 3.70. The molecule has 192 valence electrons. The number of nitrogens with zero attached hydrogens (tertiary/aromatic N) is 2. The Morgan fingerprint density at radius 2 is 1.78 bits per heavy atom. The van der Waals surface area contributed by atoms with E-state index in [-0.39, 0.29) is 24.4 Å². The molecule has 4 aromatic rings. The minimum absolute atomic E-state index is 0.0983. The van der Waals surface area contributed by atoms with Gasteiger partial charge < -0.3 is 5.32 Å². The number of H-pyrrole nitrogens is 1. The summed E-state index contributed by atoms with van der Waals surface area (Å²) in [7, 11) is 0. The molecule has 9 heteroatoms. The molecule has 0 bridgehead atoms. The highest BCUT2D eigenvalue weighted by Gasteiger charge is 2.23. The zero-order valence-corrected chi connectivity index (χ0v) is 21.3. The number of aromatic amines is 1. The fourth-order valence-electron chi connectivity index (χ4n) is 4.59. The van der Waals surface area contributed by atoms with Gasteiger partial charge in [0.05, 0.1) is 11.7 Å². The maximum Gasteiger partial charge on any atom is 0.267 e. The van der Waals surface area contributed by atoms with Crippen molar-refractivity contribution in [3.63, 3.8) is 0 Å². The van der Waals surface area contributed by atoms with E-state index in [0.717, 1.165) is 22.9 Å². The number of carbonyl (C=O) groups is 1. The van der Waals surface area contributed by atoms with Gasteiger partial charge in [0.15, 0.2) is 0 Å². The van der Waals surface area contributed by atoms with E-state index in [9.17, 15) is 18.4 Å². The van der Waals surface area contributed by atoms with Crippen LogP contribution in [-0.4, -0.2) is 20.7 Å². The van der Waals surface area contributed by atoms with Crippen molar-refractivity contribution in [3.05, 3.63) is 110 Å². The number of aromatic nitrogens is 3.